The van der Waals surface area contributed by atoms with Crippen molar-refractivity contribution in [3.05, 3.63) is 35.7 Å². The van der Waals surface area contributed by atoms with Gasteiger partial charge < -0.3 is 0 Å². The number of aryl methyl sites for hydroxylation is 1. The molecule has 0 aliphatic heterocycles. The van der Waals surface area contributed by atoms with E-state index < -0.39 is 11.6 Å². The van der Waals surface area contributed by atoms with E-state index in [1.54, 1.807) is 6.92 Å². The fourth-order valence-electron chi connectivity index (χ4n) is 1.49. The first-order chi connectivity index (χ1) is 8.15. The van der Waals surface area contributed by atoms with E-state index in [0.29, 0.717) is 15.8 Å². The van der Waals surface area contributed by atoms with Crippen molar-refractivity contribution in [3.63, 3.8) is 0 Å². The Morgan fingerprint density at radius 1 is 1.24 bits per heavy atom. The van der Waals surface area contributed by atoms with E-state index >= 15 is 0 Å². The summed E-state index contributed by atoms with van der Waals surface area (Å²) in [5.41, 5.74) is 0.265. The van der Waals surface area contributed by atoms with E-state index in [2.05, 4.69) is 15.3 Å². The van der Waals surface area contributed by atoms with E-state index in [4.69, 9.17) is 0 Å². The number of rotatable bonds is 1. The second-order valence-electron chi connectivity index (χ2n) is 3.47. The summed E-state index contributed by atoms with van der Waals surface area (Å²) in [5, 5.41) is 12.4. The zero-order valence-corrected chi connectivity index (χ0v) is 9.50. The highest BCUT2D eigenvalue weighted by Gasteiger charge is 2.14. The summed E-state index contributed by atoms with van der Waals surface area (Å²) in [4.78, 5) is 0.584. The molecule has 0 bridgehead atoms. The van der Waals surface area contributed by atoms with Crippen molar-refractivity contribution >= 4 is 16.3 Å². The van der Waals surface area contributed by atoms with Gasteiger partial charge in [-0.2, -0.15) is 9.61 Å². The van der Waals surface area contributed by atoms with E-state index in [1.807, 2.05) is 0 Å². The molecule has 1 aromatic carbocycles. The molecule has 0 atom stereocenters. The molecule has 0 N–H and O–H groups in total. The van der Waals surface area contributed by atoms with Crippen LogP contribution in [-0.2, 0) is 0 Å². The van der Waals surface area contributed by atoms with Gasteiger partial charge in [-0.05, 0) is 19.1 Å². The minimum atomic E-state index is -0.632. The number of fused-ring (bicyclic) bond motifs is 1. The van der Waals surface area contributed by atoms with E-state index in [9.17, 15) is 8.78 Å². The Labute approximate surface area is 98.5 Å². The third kappa shape index (κ3) is 1.59. The van der Waals surface area contributed by atoms with Gasteiger partial charge in [0.25, 0.3) is 0 Å². The first-order valence-electron chi connectivity index (χ1n) is 4.79. The summed E-state index contributed by atoms with van der Waals surface area (Å²) >= 11 is 1.21. The normalized spacial score (nSPS) is 11.2. The van der Waals surface area contributed by atoms with E-state index in [-0.39, 0.29) is 5.56 Å². The molecule has 3 rings (SSSR count). The number of hydrogen-bond donors (Lipinski definition) is 0. The number of hydrogen-bond acceptors (Lipinski definition) is 4. The molecular weight excluding hydrogens is 246 g/mol. The molecule has 0 aliphatic rings. The number of halogens is 2. The fraction of sp³-hybridized carbons (Fsp3) is 0.100. The third-order valence-corrected chi connectivity index (χ3v) is 3.24. The van der Waals surface area contributed by atoms with Crippen LogP contribution in [0.25, 0.3) is 15.5 Å². The smallest absolute Gasteiger partial charge is 0.207 e. The van der Waals surface area contributed by atoms with Crippen LogP contribution in [0.1, 0.15) is 5.82 Å². The summed E-state index contributed by atoms with van der Waals surface area (Å²) in [7, 11) is 0. The SMILES string of the molecule is Cc1nnc2sc(-c3ccc(F)cc3F)nn12. The van der Waals surface area contributed by atoms with Crippen LogP contribution < -0.4 is 0 Å². The Bertz CT molecular complexity index is 703. The van der Waals surface area contributed by atoms with E-state index in [0.717, 1.165) is 6.07 Å². The molecule has 2 aromatic heterocycles. The topological polar surface area (TPSA) is 43.1 Å². The summed E-state index contributed by atoms with van der Waals surface area (Å²) < 4.78 is 27.9. The van der Waals surface area contributed by atoms with Crippen LogP contribution in [-0.4, -0.2) is 19.8 Å². The number of aromatic nitrogens is 4. The van der Waals surface area contributed by atoms with Gasteiger partial charge in [-0.1, -0.05) is 11.3 Å². The fourth-order valence-corrected chi connectivity index (χ4v) is 2.40. The predicted octanol–water partition coefficient (Wildman–Crippen LogP) is 2.44. The van der Waals surface area contributed by atoms with Crippen LogP contribution in [0.3, 0.4) is 0 Å². The molecule has 2 heterocycles. The van der Waals surface area contributed by atoms with Crippen molar-refractivity contribution in [2.75, 3.05) is 0 Å². The standard InChI is InChI=1S/C10H6F2N4S/c1-5-13-14-10-16(5)15-9(17-10)7-3-2-6(11)4-8(7)12/h2-4H,1H3. The number of nitrogens with zero attached hydrogens (tertiary/aromatic N) is 4. The molecule has 4 nitrogen and oxygen atoms in total. The molecule has 0 aliphatic carbocycles. The molecule has 0 amide bonds. The van der Waals surface area contributed by atoms with Crippen LogP contribution in [0.15, 0.2) is 18.2 Å². The lowest BCUT2D eigenvalue weighted by molar-refractivity contribution is 0.585. The van der Waals surface area contributed by atoms with Gasteiger partial charge in [0, 0.05) is 11.6 Å². The number of benzene rings is 1. The van der Waals surface area contributed by atoms with Gasteiger partial charge in [0.15, 0.2) is 10.8 Å². The van der Waals surface area contributed by atoms with Crippen molar-refractivity contribution in [3.8, 4) is 10.6 Å². The van der Waals surface area contributed by atoms with Crippen LogP contribution >= 0.6 is 11.3 Å². The van der Waals surface area contributed by atoms with Gasteiger partial charge in [0.2, 0.25) is 4.96 Å². The Morgan fingerprint density at radius 2 is 2.06 bits per heavy atom. The molecule has 0 saturated carbocycles. The maximum atomic E-state index is 13.6. The molecule has 0 spiro atoms. The average molecular weight is 252 g/mol. The van der Waals surface area contributed by atoms with Gasteiger partial charge in [0.05, 0.1) is 0 Å². The molecular formula is C10H6F2N4S. The van der Waals surface area contributed by atoms with Gasteiger partial charge in [-0.25, -0.2) is 8.78 Å². The van der Waals surface area contributed by atoms with Crippen LogP contribution in [0, 0.1) is 18.6 Å². The quantitative estimate of drug-likeness (QED) is 0.668. The third-order valence-electron chi connectivity index (χ3n) is 2.31. The largest absolute Gasteiger partial charge is 0.234 e. The Balaban J connectivity index is 2.20. The van der Waals surface area contributed by atoms with E-state index in [1.165, 1.54) is 28.0 Å². The van der Waals surface area contributed by atoms with Gasteiger partial charge >= 0.3 is 0 Å². The summed E-state index contributed by atoms with van der Waals surface area (Å²) in [6.45, 7) is 1.75. The lowest BCUT2D eigenvalue weighted by Crippen LogP contribution is -1.90. The maximum absolute atomic E-state index is 13.6. The maximum Gasteiger partial charge on any atom is 0.234 e. The zero-order valence-electron chi connectivity index (χ0n) is 8.69. The highest BCUT2D eigenvalue weighted by molar-refractivity contribution is 7.19. The van der Waals surface area contributed by atoms with Gasteiger partial charge in [-0.15, -0.1) is 10.2 Å². The van der Waals surface area contributed by atoms with Crippen LogP contribution in [0.2, 0.25) is 0 Å². The van der Waals surface area contributed by atoms with Crippen molar-refractivity contribution in [2.24, 2.45) is 0 Å². The van der Waals surface area contributed by atoms with Crippen molar-refractivity contribution in [1.29, 1.82) is 0 Å². The second kappa shape index (κ2) is 3.56. The minimum absolute atomic E-state index is 0.265. The molecule has 17 heavy (non-hydrogen) atoms. The van der Waals surface area contributed by atoms with Crippen LogP contribution in [0.4, 0.5) is 8.78 Å². The van der Waals surface area contributed by atoms with Crippen molar-refractivity contribution < 1.29 is 8.78 Å². The minimum Gasteiger partial charge on any atom is -0.207 e. The van der Waals surface area contributed by atoms with Crippen molar-refractivity contribution in [2.45, 2.75) is 6.92 Å². The molecule has 0 radical (unpaired) electrons. The Morgan fingerprint density at radius 3 is 2.76 bits per heavy atom. The monoisotopic (exact) mass is 252 g/mol. The lowest BCUT2D eigenvalue weighted by Gasteiger charge is -1.97. The summed E-state index contributed by atoms with van der Waals surface area (Å²) in [6, 6.07) is 3.41. The lowest BCUT2D eigenvalue weighted by atomic mass is 10.2. The second-order valence-corrected chi connectivity index (χ2v) is 4.43. The molecule has 0 unspecified atom stereocenters. The van der Waals surface area contributed by atoms with Gasteiger partial charge in [0.1, 0.15) is 11.6 Å². The first kappa shape index (κ1) is 10.3. The molecule has 3 aromatic rings. The molecule has 0 fully saturated rings. The summed E-state index contributed by atoms with van der Waals surface area (Å²) in [5.74, 6) is -0.608. The molecule has 0 saturated heterocycles. The Kier molecular flexibility index (Phi) is 2.15. The zero-order chi connectivity index (χ0) is 12.0. The highest BCUT2D eigenvalue weighted by Crippen LogP contribution is 2.27. The Hall–Kier alpha value is -1.89. The highest BCUT2D eigenvalue weighted by atomic mass is 32.1. The average Bonchev–Trinajstić information content (AvgIpc) is 2.81. The first-order valence-corrected chi connectivity index (χ1v) is 5.61. The molecule has 86 valence electrons. The van der Waals surface area contributed by atoms with Crippen LogP contribution in [0.5, 0.6) is 0 Å². The van der Waals surface area contributed by atoms with Crippen molar-refractivity contribution in [1.82, 2.24) is 19.8 Å². The molecule has 7 heteroatoms. The predicted molar refractivity (Wildman–Crippen MR) is 58.7 cm³/mol. The summed E-state index contributed by atoms with van der Waals surface area (Å²) in [6.07, 6.45) is 0. The van der Waals surface area contributed by atoms with Gasteiger partial charge in [-0.3, -0.25) is 0 Å².